The normalized spacial score (nSPS) is 10.2. The van der Waals surface area contributed by atoms with Crippen LogP contribution in [-0.2, 0) is 16.1 Å². The van der Waals surface area contributed by atoms with Crippen LogP contribution >= 0.6 is 0 Å². The van der Waals surface area contributed by atoms with E-state index in [9.17, 15) is 9.59 Å². The summed E-state index contributed by atoms with van der Waals surface area (Å²) in [6.45, 7) is -0.236. The van der Waals surface area contributed by atoms with E-state index in [1.54, 1.807) is 12.1 Å². The van der Waals surface area contributed by atoms with Crippen molar-refractivity contribution in [2.45, 2.75) is 6.61 Å². The first-order valence-corrected chi connectivity index (χ1v) is 6.10. The molecule has 0 aliphatic rings. The van der Waals surface area contributed by atoms with Crippen molar-refractivity contribution in [1.29, 1.82) is 0 Å². The van der Waals surface area contributed by atoms with Crippen LogP contribution in [0, 0.1) is 0 Å². The van der Waals surface area contributed by atoms with Crippen LogP contribution in [-0.4, -0.2) is 31.3 Å². The Morgan fingerprint density at radius 1 is 1.05 bits per heavy atom. The zero-order chi connectivity index (χ0) is 15.4. The maximum Gasteiger partial charge on any atom is 0.337 e. The number of methoxy groups -OCH3 is 2. The smallest absolute Gasteiger partial charge is 0.337 e. The average molecular weight is 290 g/mol. The third-order valence-electron chi connectivity index (χ3n) is 2.88. The van der Waals surface area contributed by atoms with Gasteiger partial charge < -0.3 is 19.0 Å². The van der Waals surface area contributed by atoms with Gasteiger partial charge in [-0.3, -0.25) is 0 Å². The molecule has 0 fully saturated rings. The molecule has 0 radical (unpaired) electrons. The van der Waals surface area contributed by atoms with Crippen molar-refractivity contribution < 1.29 is 28.6 Å². The summed E-state index contributed by atoms with van der Waals surface area (Å²) in [5.41, 5.74) is 0.924. The Balaban J connectivity index is 2.53. The Kier molecular flexibility index (Phi) is 4.39. The summed E-state index contributed by atoms with van der Waals surface area (Å²) in [5, 5.41) is 9.02. The first kappa shape index (κ1) is 14.8. The van der Waals surface area contributed by atoms with Crippen molar-refractivity contribution in [3.05, 3.63) is 47.2 Å². The molecule has 0 aliphatic carbocycles. The number of rotatable bonds is 4. The van der Waals surface area contributed by atoms with Crippen LogP contribution in [0.3, 0.4) is 0 Å². The van der Waals surface area contributed by atoms with Gasteiger partial charge >= 0.3 is 11.9 Å². The van der Waals surface area contributed by atoms with Crippen molar-refractivity contribution in [3.63, 3.8) is 0 Å². The average Bonchev–Trinajstić information content (AvgIpc) is 3.01. The highest BCUT2D eigenvalue weighted by atomic mass is 16.5. The number of furan rings is 1. The van der Waals surface area contributed by atoms with Crippen molar-refractivity contribution >= 4 is 11.9 Å². The molecular formula is C15H14O6. The summed E-state index contributed by atoms with van der Waals surface area (Å²) >= 11 is 0. The highest BCUT2D eigenvalue weighted by molar-refractivity contribution is 5.97. The Labute approximate surface area is 120 Å². The molecule has 110 valence electrons. The van der Waals surface area contributed by atoms with Gasteiger partial charge in [0.25, 0.3) is 0 Å². The zero-order valence-corrected chi connectivity index (χ0v) is 11.6. The minimum atomic E-state index is -0.573. The number of benzene rings is 1. The maximum absolute atomic E-state index is 11.7. The van der Waals surface area contributed by atoms with Gasteiger partial charge in [-0.1, -0.05) is 0 Å². The third kappa shape index (κ3) is 3.11. The van der Waals surface area contributed by atoms with E-state index in [0.29, 0.717) is 17.1 Å². The second-order valence-corrected chi connectivity index (χ2v) is 4.21. The number of hydrogen-bond acceptors (Lipinski definition) is 6. The van der Waals surface area contributed by atoms with E-state index in [1.165, 1.54) is 32.4 Å². The molecule has 21 heavy (non-hydrogen) atoms. The number of hydrogen-bond donors (Lipinski definition) is 1. The maximum atomic E-state index is 11.7. The Morgan fingerprint density at radius 2 is 1.62 bits per heavy atom. The number of aliphatic hydroxyl groups excluding tert-OH is 1. The lowest BCUT2D eigenvalue weighted by Crippen LogP contribution is -2.06. The first-order chi connectivity index (χ1) is 10.1. The molecule has 1 heterocycles. The van der Waals surface area contributed by atoms with Crippen molar-refractivity contribution in [3.8, 4) is 11.3 Å². The van der Waals surface area contributed by atoms with E-state index in [-0.39, 0.29) is 17.7 Å². The molecule has 0 saturated carbocycles. The van der Waals surface area contributed by atoms with Gasteiger partial charge in [0.05, 0.1) is 25.3 Å². The standard InChI is InChI=1S/C15H14O6/c1-19-14(17)10-5-9(6-11(7-10)15(18)20-2)13-4-3-12(8-16)21-13/h3-7,16H,8H2,1-2H3. The minimum absolute atomic E-state index is 0.206. The predicted molar refractivity (Wildman–Crippen MR) is 72.7 cm³/mol. The molecule has 0 aliphatic heterocycles. The molecule has 0 unspecified atom stereocenters. The molecule has 2 rings (SSSR count). The van der Waals surface area contributed by atoms with E-state index in [4.69, 9.17) is 9.52 Å². The molecular weight excluding hydrogens is 276 g/mol. The Morgan fingerprint density at radius 3 is 2.05 bits per heavy atom. The molecule has 6 heteroatoms. The Bertz CT molecular complexity index is 636. The van der Waals surface area contributed by atoms with E-state index in [1.807, 2.05) is 0 Å². The second kappa shape index (κ2) is 6.23. The molecule has 0 amide bonds. The Hall–Kier alpha value is -2.60. The van der Waals surface area contributed by atoms with Crippen LogP contribution in [0.15, 0.2) is 34.7 Å². The van der Waals surface area contributed by atoms with E-state index in [0.717, 1.165) is 0 Å². The van der Waals surface area contributed by atoms with Gasteiger partial charge in [-0.05, 0) is 30.3 Å². The molecule has 6 nitrogen and oxygen atoms in total. The molecule has 1 aromatic carbocycles. The van der Waals surface area contributed by atoms with E-state index >= 15 is 0 Å². The summed E-state index contributed by atoms with van der Waals surface area (Å²) < 4.78 is 14.7. The van der Waals surface area contributed by atoms with Crippen LogP contribution in [0.1, 0.15) is 26.5 Å². The van der Waals surface area contributed by atoms with Crippen molar-refractivity contribution in [2.24, 2.45) is 0 Å². The molecule has 0 bridgehead atoms. The van der Waals surface area contributed by atoms with E-state index < -0.39 is 11.9 Å². The van der Waals surface area contributed by atoms with Crippen LogP contribution in [0.25, 0.3) is 11.3 Å². The first-order valence-electron chi connectivity index (χ1n) is 6.10. The highest BCUT2D eigenvalue weighted by Gasteiger charge is 2.16. The van der Waals surface area contributed by atoms with Crippen LogP contribution in [0.2, 0.25) is 0 Å². The fraction of sp³-hybridized carbons (Fsp3) is 0.200. The number of esters is 2. The molecule has 1 aromatic heterocycles. The van der Waals surface area contributed by atoms with Gasteiger partial charge in [-0.25, -0.2) is 9.59 Å². The van der Waals surface area contributed by atoms with Gasteiger partial charge in [0.15, 0.2) is 0 Å². The molecule has 0 saturated heterocycles. The fourth-order valence-corrected chi connectivity index (χ4v) is 1.86. The summed E-state index contributed by atoms with van der Waals surface area (Å²) in [7, 11) is 2.51. The zero-order valence-electron chi connectivity index (χ0n) is 11.6. The summed E-state index contributed by atoms with van der Waals surface area (Å²) in [4.78, 5) is 23.4. The van der Waals surface area contributed by atoms with E-state index in [2.05, 4.69) is 9.47 Å². The number of carbonyl (C=O) groups is 2. The van der Waals surface area contributed by atoms with Crippen LogP contribution in [0.4, 0.5) is 0 Å². The highest BCUT2D eigenvalue weighted by Crippen LogP contribution is 2.25. The van der Waals surface area contributed by atoms with Gasteiger partial charge in [-0.15, -0.1) is 0 Å². The van der Waals surface area contributed by atoms with Gasteiger partial charge in [0.2, 0.25) is 0 Å². The number of aliphatic hydroxyl groups is 1. The van der Waals surface area contributed by atoms with Gasteiger partial charge in [0, 0.05) is 5.56 Å². The van der Waals surface area contributed by atoms with Gasteiger partial charge in [-0.2, -0.15) is 0 Å². The van der Waals surface area contributed by atoms with Crippen LogP contribution < -0.4 is 0 Å². The monoisotopic (exact) mass is 290 g/mol. The molecule has 1 N–H and O–H groups in total. The minimum Gasteiger partial charge on any atom is -0.465 e. The van der Waals surface area contributed by atoms with Gasteiger partial charge in [0.1, 0.15) is 18.1 Å². The lowest BCUT2D eigenvalue weighted by atomic mass is 10.0. The van der Waals surface area contributed by atoms with Crippen molar-refractivity contribution in [2.75, 3.05) is 14.2 Å². The topological polar surface area (TPSA) is 86.0 Å². The lowest BCUT2D eigenvalue weighted by molar-refractivity contribution is 0.0599. The van der Waals surface area contributed by atoms with Crippen LogP contribution in [0.5, 0.6) is 0 Å². The second-order valence-electron chi connectivity index (χ2n) is 4.21. The quantitative estimate of drug-likeness (QED) is 0.867. The summed E-state index contributed by atoms with van der Waals surface area (Å²) in [6, 6.07) is 7.72. The molecule has 0 atom stereocenters. The number of ether oxygens (including phenoxy) is 2. The number of carbonyl (C=O) groups excluding carboxylic acids is 2. The predicted octanol–water partition coefficient (Wildman–Crippen LogP) is 2.01. The third-order valence-corrected chi connectivity index (χ3v) is 2.88. The largest absolute Gasteiger partial charge is 0.465 e. The summed E-state index contributed by atoms with van der Waals surface area (Å²) in [5.74, 6) is -0.338. The van der Waals surface area contributed by atoms with Crippen molar-refractivity contribution in [1.82, 2.24) is 0 Å². The molecule has 0 spiro atoms. The summed E-state index contributed by atoms with van der Waals surface area (Å²) in [6.07, 6.45) is 0. The fourth-order valence-electron chi connectivity index (χ4n) is 1.86. The lowest BCUT2D eigenvalue weighted by Gasteiger charge is -2.06. The SMILES string of the molecule is COC(=O)c1cc(C(=O)OC)cc(-c2ccc(CO)o2)c1. The molecule has 2 aromatic rings.